The van der Waals surface area contributed by atoms with Gasteiger partial charge >= 0.3 is 0 Å². The van der Waals surface area contributed by atoms with Gasteiger partial charge in [0.2, 0.25) is 0 Å². The van der Waals surface area contributed by atoms with Crippen LogP contribution in [0.1, 0.15) is 18.4 Å². The van der Waals surface area contributed by atoms with Gasteiger partial charge in [0.15, 0.2) is 0 Å². The Labute approximate surface area is 157 Å². The van der Waals surface area contributed by atoms with Crippen LogP contribution >= 0.6 is 11.6 Å². The molecule has 26 heavy (non-hydrogen) atoms. The van der Waals surface area contributed by atoms with Crippen LogP contribution in [0.4, 0.5) is 11.5 Å². The zero-order valence-electron chi connectivity index (χ0n) is 14.4. The van der Waals surface area contributed by atoms with Gasteiger partial charge in [0.25, 0.3) is 0 Å². The first kappa shape index (κ1) is 19.8. The molecule has 5 N–H and O–H groups in total. The number of ether oxygens (including phenoxy) is 2. The van der Waals surface area contributed by atoms with Gasteiger partial charge in [-0.1, -0.05) is 11.6 Å². The van der Waals surface area contributed by atoms with Crippen LogP contribution in [0.5, 0.6) is 5.75 Å². The molecule has 1 aromatic heterocycles. The Bertz CT molecular complexity index is 802. The fourth-order valence-electron chi connectivity index (χ4n) is 2.46. The fraction of sp³-hybridized carbons (Fsp3) is 0.333. The van der Waals surface area contributed by atoms with E-state index in [1.165, 1.54) is 13.3 Å². The smallest absolute Gasteiger partial charge is 0.128 e. The molecular weight excluding hydrogens is 356 g/mol. The van der Waals surface area contributed by atoms with Crippen LogP contribution < -0.4 is 16.2 Å². The number of benzene rings is 1. The number of hydrogen-bond donors (Lipinski definition) is 3. The first-order chi connectivity index (χ1) is 12.5. The first-order valence-electron chi connectivity index (χ1n) is 8.01. The van der Waals surface area contributed by atoms with E-state index in [0.717, 1.165) is 19.4 Å². The van der Waals surface area contributed by atoms with Gasteiger partial charge in [0.05, 0.1) is 36.1 Å². The third-order valence-electron chi connectivity index (χ3n) is 3.80. The lowest BCUT2D eigenvalue weighted by atomic mass is 10.0. The van der Waals surface area contributed by atoms with Crippen LogP contribution in [0.25, 0.3) is 11.1 Å². The van der Waals surface area contributed by atoms with Crippen molar-refractivity contribution >= 4 is 23.1 Å². The van der Waals surface area contributed by atoms with Gasteiger partial charge in [-0.3, -0.25) is 0 Å². The van der Waals surface area contributed by atoms with E-state index in [1.54, 1.807) is 18.2 Å². The molecular formula is C18H21ClN4O3. The monoisotopic (exact) mass is 376 g/mol. The van der Waals surface area contributed by atoms with Crippen molar-refractivity contribution in [3.05, 3.63) is 35.0 Å². The number of aliphatic hydroxyl groups excluding tert-OH is 1. The molecule has 138 valence electrons. The summed E-state index contributed by atoms with van der Waals surface area (Å²) in [5, 5.41) is 18.2. The van der Waals surface area contributed by atoms with Crippen molar-refractivity contribution in [1.82, 2.24) is 4.98 Å². The summed E-state index contributed by atoms with van der Waals surface area (Å²) in [4.78, 5) is 3.90. The molecule has 3 rings (SSSR count). The maximum absolute atomic E-state index is 9.04. The van der Waals surface area contributed by atoms with Crippen molar-refractivity contribution < 1.29 is 14.6 Å². The highest BCUT2D eigenvalue weighted by Gasteiger charge is 2.14. The van der Waals surface area contributed by atoms with E-state index in [-0.39, 0.29) is 6.10 Å². The Hall–Kier alpha value is -2.53. The summed E-state index contributed by atoms with van der Waals surface area (Å²) in [5.41, 5.74) is 13.4. The molecule has 1 unspecified atom stereocenters. The molecule has 0 radical (unpaired) electrons. The summed E-state index contributed by atoms with van der Waals surface area (Å²) < 4.78 is 10.2. The highest BCUT2D eigenvalue weighted by molar-refractivity contribution is 6.33. The average molecular weight is 377 g/mol. The number of halogens is 1. The van der Waals surface area contributed by atoms with Gasteiger partial charge < -0.3 is 26.0 Å². The minimum Gasteiger partial charge on any atom is -0.496 e. The minimum absolute atomic E-state index is 0.186. The zero-order valence-corrected chi connectivity index (χ0v) is 15.2. The lowest BCUT2D eigenvalue weighted by Crippen LogP contribution is -2.21. The molecule has 2 aromatic rings. The lowest BCUT2D eigenvalue weighted by Gasteiger charge is -2.15. The van der Waals surface area contributed by atoms with Crippen LogP contribution in [0.15, 0.2) is 24.4 Å². The summed E-state index contributed by atoms with van der Waals surface area (Å²) in [6.07, 6.45) is 3.20. The number of aromatic nitrogens is 1. The van der Waals surface area contributed by atoms with Gasteiger partial charge in [-0.25, -0.2) is 4.98 Å². The first-order valence-corrected chi connectivity index (χ1v) is 8.38. The Morgan fingerprint density at radius 1 is 1.35 bits per heavy atom. The highest BCUT2D eigenvalue weighted by atomic mass is 35.5. The van der Waals surface area contributed by atoms with Crippen molar-refractivity contribution in [2.75, 3.05) is 31.8 Å². The van der Waals surface area contributed by atoms with E-state index in [0.29, 0.717) is 45.6 Å². The van der Waals surface area contributed by atoms with Crippen LogP contribution in [0, 0.1) is 11.3 Å². The predicted molar refractivity (Wildman–Crippen MR) is 101 cm³/mol. The number of nitriles is 1. The van der Waals surface area contributed by atoms with E-state index < -0.39 is 0 Å². The molecule has 8 heteroatoms. The molecule has 0 aliphatic carbocycles. The summed E-state index contributed by atoms with van der Waals surface area (Å²) in [6, 6.07) is 6.85. The summed E-state index contributed by atoms with van der Waals surface area (Å²) in [6.45, 7) is 1.37. The van der Waals surface area contributed by atoms with E-state index in [9.17, 15) is 0 Å². The molecule has 1 aliphatic heterocycles. The van der Waals surface area contributed by atoms with Crippen molar-refractivity contribution in [2.24, 2.45) is 0 Å². The van der Waals surface area contributed by atoms with E-state index in [4.69, 9.17) is 42.9 Å². The molecule has 1 atom stereocenters. The number of anilines is 2. The summed E-state index contributed by atoms with van der Waals surface area (Å²) >= 11 is 6.11. The molecule has 1 saturated heterocycles. The highest BCUT2D eigenvalue weighted by Crippen LogP contribution is 2.37. The molecule has 0 saturated carbocycles. The topological polar surface area (TPSA) is 127 Å². The quantitative estimate of drug-likeness (QED) is 0.687. The molecule has 0 spiro atoms. The van der Waals surface area contributed by atoms with E-state index >= 15 is 0 Å². The number of aliphatic hydroxyl groups is 1. The van der Waals surface area contributed by atoms with Crippen molar-refractivity contribution in [3.63, 3.8) is 0 Å². The Balaban J connectivity index is 0.000000290. The summed E-state index contributed by atoms with van der Waals surface area (Å²) in [7, 11) is 1.52. The Morgan fingerprint density at radius 3 is 2.65 bits per heavy atom. The second-order valence-corrected chi connectivity index (χ2v) is 6.12. The third kappa shape index (κ3) is 4.99. The van der Waals surface area contributed by atoms with Gasteiger partial charge in [-0.05, 0) is 25.0 Å². The molecule has 2 heterocycles. The second-order valence-electron chi connectivity index (χ2n) is 5.71. The number of nitrogen functional groups attached to an aromatic ring is 2. The van der Waals surface area contributed by atoms with E-state index in [1.807, 2.05) is 6.07 Å². The van der Waals surface area contributed by atoms with Crippen LogP contribution in [0.2, 0.25) is 5.02 Å². The normalized spacial score (nSPS) is 16.2. The molecule has 7 nitrogen and oxygen atoms in total. The van der Waals surface area contributed by atoms with Gasteiger partial charge in [0.1, 0.15) is 17.6 Å². The van der Waals surface area contributed by atoms with E-state index in [2.05, 4.69) is 4.98 Å². The fourth-order valence-corrected chi connectivity index (χ4v) is 2.66. The zero-order chi connectivity index (χ0) is 19.1. The molecule has 0 amide bonds. The van der Waals surface area contributed by atoms with Crippen molar-refractivity contribution in [2.45, 2.75) is 18.9 Å². The molecule has 1 fully saturated rings. The second kappa shape index (κ2) is 9.25. The number of nitrogens with two attached hydrogens (primary N) is 2. The van der Waals surface area contributed by atoms with Gasteiger partial charge in [-0.15, -0.1) is 0 Å². The number of methoxy groups -OCH3 is 1. The number of nitrogens with zero attached hydrogens (tertiary/aromatic N) is 2. The average Bonchev–Trinajstić information content (AvgIpc) is 2.64. The van der Waals surface area contributed by atoms with Gasteiger partial charge in [-0.2, -0.15) is 5.26 Å². The van der Waals surface area contributed by atoms with Crippen LogP contribution in [-0.4, -0.2) is 36.5 Å². The number of pyridine rings is 1. The molecule has 0 bridgehead atoms. The molecule has 1 aliphatic rings. The maximum Gasteiger partial charge on any atom is 0.128 e. The Kier molecular flexibility index (Phi) is 7.04. The SMILES string of the molecule is COc1cc(N)c(C#N)cc1-c1cc(N)ncc1Cl.OC1CCCOC1. The molecule has 1 aromatic carbocycles. The lowest BCUT2D eigenvalue weighted by molar-refractivity contribution is -0.00535. The third-order valence-corrected chi connectivity index (χ3v) is 4.10. The maximum atomic E-state index is 9.04. The largest absolute Gasteiger partial charge is 0.496 e. The minimum atomic E-state index is -0.186. The predicted octanol–water partition coefficient (Wildman–Crippen LogP) is 2.60. The summed E-state index contributed by atoms with van der Waals surface area (Å²) in [5.74, 6) is 0.848. The number of hydrogen-bond acceptors (Lipinski definition) is 7. The Morgan fingerprint density at radius 2 is 2.12 bits per heavy atom. The standard InChI is InChI=1S/C13H11ClN4O.C5H10O2/c1-19-12-4-11(16)7(5-15)2-9(12)8-3-13(17)18-6-10(8)14;6-5-2-1-3-7-4-5/h2-4,6H,16H2,1H3,(H2,17,18);5-6H,1-4H2. The number of rotatable bonds is 2. The van der Waals surface area contributed by atoms with Crippen LogP contribution in [-0.2, 0) is 4.74 Å². The van der Waals surface area contributed by atoms with Crippen molar-refractivity contribution in [3.8, 4) is 22.9 Å². The van der Waals surface area contributed by atoms with Crippen molar-refractivity contribution in [1.29, 1.82) is 5.26 Å². The van der Waals surface area contributed by atoms with Gasteiger partial charge in [0, 0.05) is 30.0 Å². The van der Waals surface area contributed by atoms with Crippen LogP contribution in [0.3, 0.4) is 0 Å².